The normalized spacial score (nSPS) is 26.9. The van der Waals surface area contributed by atoms with Crippen LogP contribution in [0.15, 0.2) is 23.5 Å². The van der Waals surface area contributed by atoms with E-state index in [4.69, 9.17) is 9.31 Å². The zero-order chi connectivity index (χ0) is 12.8. The SMILES string of the molecule is CC1=CN(B2OC(C)(C)C(C)(C)O2)C=C(C)C1. The molecule has 2 heterocycles. The van der Waals surface area contributed by atoms with Crippen molar-refractivity contribution in [1.29, 1.82) is 0 Å². The number of hydrogen-bond donors (Lipinski definition) is 0. The molecule has 0 radical (unpaired) electrons. The maximum atomic E-state index is 6.01. The monoisotopic (exact) mass is 235 g/mol. The Morgan fingerprint density at radius 3 is 1.82 bits per heavy atom. The molecule has 0 bridgehead atoms. The van der Waals surface area contributed by atoms with E-state index in [-0.39, 0.29) is 18.5 Å². The molecule has 0 N–H and O–H groups in total. The predicted molar refractivity (Wildman–Crippen MR) is 70.1 cm³/mol. The standard InChI is InChI=1S/C13H22BNO2/c1-10-7-11(2)9-15(8-10)14-16-12(3,4)13(5,6)17-14/h8-9H,7H2,1-6H3. The smallest absolute Gasteiger partial charge is 0.384 e. The predicted octanol–water partition coefficient (Wildman–Crippen LogP) is 3.09. The van der Waals surface area contributed by atoms with Crippen molar-refractivity contribution in [2.45, 2.75) is 59.2 Å². The summed E-state index contributed by atoms with van der Waals surface area (Å²) in [6.45, 7) is 12.6. The van der Waals surface area contributed by atoms with Crippen LogP contribution in [0.25, 0.3) is 0 Å². The topological polar surface area (TPSA) is 21.7 Å². The van der Waals surface area contributed by atoms with E-state index in [1.54, 1.807) is 0 Å². The van der Waals surface area contributed by atoms with Crippen molar-refractivity contribution in [3.63, 3.8) is 0 Å². The molecule has 3 nitrogen and oxygen atoms in total. The molecule has 2 aliphatic rings. The molecule has 4 heteroatoms. The van der Waals surface area contributed by atoms with E-state index in [1.165, 1.54) is 11.1 Å². The molecule has 0 spiro atoms. The number of allylic oxidation sites excluding steroid dienone is 2. The van der Waals surface area contributed by atoms with Crippen LogP contribution in [-0.4, -0.2) is 23.3 Å². The summed E-state index contributed by atoms with van der Waals surface area (Å²) in [4.78, 5) is 2.03. The maximum absolute atomic E-state index is 6.01. The van der Waals surface area contributed by atoms with Crippen LogP contribution in [0, 0.1) is 0 Å². The third kappa shape index (κ3) is 2.29. The lowest BCUT2D eigenvalue weighted by molar-refractivity contribution is 0.00578. The average Bonchev–Trinajstić information content (AvgIpc) is 2.34. The molecule has 1 fully saturated rings. The summed E-state index contributed by atoms with van der Waals surface area (Å²) in [5, 5.41) is 0. The lowest BCUT2D eigenvalue weighted by Gasteiger charge is -2.32. The molecule has 0 aromatic rings. The van der Waals surface area contributed by atoms with Gasteiger partial charge in [0.1, 0.15) is 0 Å². The van der Waals surface area contributed by atoms with E-state index >= 15 is 0 Å². The fourth-order valence-electron chi connectivity index (χ4n) is 2.13. The summed E-state index contributed by atoms with van der Waals surface area (Å²) < 4.78 is 12.0. The van der Waals surface area contributed by atoms with Gasteiger partial charge in [0.15, 0.2) is 0 Å². The highest BCUT2D eigenvalue weighted by atomic mass is 16.7. The van der Waals surface area contributed by atoms with Crippen molar-refractivity contribution in [1.82, 2.24) is 4.81 Å². The van der Waals surface area contributed by atoms with Gasteiger partial charge < -0.3 is 14.1 Å². The molecule has 94 valence electrons. The summed E-state index contributed by atoms with van der Waals surface area (Å²) in [6, 6.07) is 0. The fourth-order valence-corrected chi connectivity index (χ4v) is 2.13. The maximum Gasteiger partial charge on any atom is 0.598 e. The molecular weight excluding hydrogens is 213 g/mol. The van der Waals surface area contributed by atoms with Crippen molar-refractivity contribution < 1.29 is 9.31 Å². The van der Waals surface area contributed by atoms with Crippen LogP contribution in [0.3, 0.4) is 0 Å². The number of rotatable bonds is 1. The molecule has 2 rings (SSSR count). The molecule has 2 aliphatic heterocycles. The van der Waals surface area contributed by atoms with E-state index in [0.717, 1.165) is 6.42 Å². The second kappa shape index (κ2) is 3.89. The van der Waals surface area contributed by atoms with E-state index in [9.17, 15) is 0 Å². The highest BCUT2D eigenvalue weighted by Gasteiger charge is 2.53. The first kappa shape index (κ1) is 12.7. The van der Waals surface area contributed by atoms with E-state index in [2.05, 4.69) is 53.9 Å². The second-order valence-corrected chi connectivity index (χ2v) is 6.14. The van der Waals surface area contributed by atoms with Gasteiger partial charge >= 0.3 is 7.25 Å². The molecule has 0 atom stereocenters. The van der Waals surface area contributed by atoms with Gasteiger partial charge in [0.05, 0.1) is 11.2 Å². The zero-order valence-corrected chi connectivity index (χ0v) is 11.7. The highest BCUT2D eigenvalue weighted by Crippen LogP contribution is 2.38. The van der Waals surface area contributed by atoms with Crippen LogP contribution in [0.2, 0.25) is 0 Å². The van der Waals surface area contributed by atoms with E-state index in [1.807, 2.05) is 4.81 Å². The van der Waals surface area contributed by atoms with Crippen LogP contribution < -0.4 is 0 Å². The summed E-state index contributed by atoms with van der Waals surface area (Å²) in [7, 11) is -0.315. The van der Waals surface area contributed by atoms with Crippen LogP contribution in [0.1, 0.15) is 48.0 Å². The highest BCUT2D eigenvalue weighted by molar-refractivity contribution is 6.43. The molecule has 0 amide bonds. The average molecular weight is 235 g/mol. The Balaban J connectivity index is 2.19. The Morgan fingerprint density at radius 1 is 1.00 bits per heavy atom. The Kier molecular flexibility index (Phi) is 2.91. The molecule has 0 aliphatic carbocycles. The number of nitrogens with zero attached hydrogens (tertiary/aromatic N) is 1. The summed E-state index contributed by atoms with van der Waals surface area (Å²) in [5.41, 5.74) is 2.11. The van der Waals surface area contributed by atoms with E-state index < -0.39 is 0 Å². The van der Waals surface area contributed by atoms with Gasteiger partial charge in [0.25, 0.3) is 0 Å². The van der Waals surface area contributed by atoms with Crippen LogP contribution in [0.4, 0.5) is 0 Å². The van der Waals surface area contributed by atoms with Gasteiger partial charge in [-0.05, 0) is 60.4 Å². The Bertz CT molecular complexity index is 351. The summed E-state index contributed by atoms with van der Waals surface area (Å²) in [5.74, 6) is 0. The van der Waals surface area contributed by atoms with E-state index in [0.29, 0.717) is 0 Å². The molecule has 1 saturated heterocycles. The number of hydrogen-bond acceptors (Lipinski definition) is 3. The van der Waals surface area contributed by atoms with Crippen LogP contribution in [-0.2, 0) is 9.31 Å². The van der Waals surface area contributed by atoms with Gasteiger partial charge in [-0.2, -0.15) is 0 Å². The van der Waals surface area contributed by atoms with Crippen molar-refractivity contribution in [2.75, 3.05) is 0 Å². The lowest BCUT2D eigenvalue weighted by atomic mass is 9.90. The molecule has 0 aromatic carbocycles. The van der Waals surface area contributed by atoms with Crippen molar-refractivity contribution in [3.05, 3.63) is 23.5 Å². The molecule has 0 unspecified atom stereocenters. The Morgan fingerprint density at radius 2 is 1.41 bits per heavy atom. The van der Waals surface area contributed by atoms with Crippen LogP contribution >= 0.6 is 0 Å². The minimum atomic E-state index is -0.315. The molecule has 17 heavy (non-hydrogen) atoms. The van der Waals surface area contributed by atoms with Gasteiger partial charge in [-0.25, -0.2) is 0 Å². The third-order valence-corrected chi connectivity index (χ3v) is 3.78. The van der Waals surface area contributed by atoms with Crippen molar-refractivity contribution >= 4 is 7.25 Å². The van der Waals surface area contributed by atoms with Gasteiger partial charge in [-0.3, -0.25) is 0 Å². The molecule has 0 saturated carbocycles. The molecule has 0 aromatic heterocycles. The van der Waals surface area contributed by atoms with Crippen LogP contribution in [0.5, 0.6) is 0 Å². The van der Waals surface area contributed by atoms with Crippen molar-refractivity contribution in [2.24, 2.45) is 0 Å². The zero-order valence-electron chi connectivity index (χ0n) is 11.7. The van der Waals surface area contributed by atoms with Gasteiger partial charge in [-0.15, -0.1) is 0 Å². The van der Waals surface area contributed by atoms with Gasteiger partial charge in [0.2, 0.25) is 0 Å². The van der Waals surface area contributed by atoms with Gasteiger partial charge in [0, 0.05) is 0 Å². The summed E-state index contributed by atoms with van der Waals surface area (Å²) >= 11 is 0. The van der Waals surface area contributed by atoms with Crippen molar-refractivity contribution in [3.8, 4) is 0 Å². The van der Waals surface area contributed by atoms with Gasteiger partial charge in [-0.1, -0.05) is 11.1 Å². The Labute approximate surface area is 105 Å². The Hall–Kier alpha value is -0.735. The fraction of sp³-hybridized carbons (Fsp3) is 0.692. The lowest BCUT2D eigenvalue weighted by Crippen LogP contribution is -2.41. The minimum Gasteiger partial charge on any atom is -0.384 e. The molecular formula is C13H22BNO2. The second-order valence-electron chi connectivity index (χ2n) is 6.14. The first-order chi connectivity index (χ1) is 7.71. The quantitative estimate of drug-likeness (QED) is 0.652. The minimum absolute atomic E-state index is 0.279. The largest absolute Gasteiger partial charge is 0.598 e. The third-order valence-electron chi connectivity index (χ3n) is 3.78. The summed E-state index contributed by atoms with van der Waals surface area (Å²) in [6.07, 6.45) is 5.25. The first-order valence-electron chi connectivity index (χ1n) is 6.19. The first-order valence-corrected chi connectivity index (χ1v) is 6.19.